The summed E-state index contributed by atoms with van der Waals surface area (Å²) in [5, 5.41) is 0. The normalized spacial score (nSPS) is 15.3. The molecular weight excluding hydrogens is 410 g/mol. The zero-order valence-electron chi connectivity index (χ0n) is 22.2. The molecule has 1 nitrogen and oxygen atoms in total. The molecule has 0 bridgehead atoms. The Morgan fingerprint density at radius 3 is 2.00 bits per heavy atom. The molecular formula is C33H35N. The van der Waals surface area contributed by atoms with Crippen molar-refractivity contribution in [1.82, 2.24) is 0 Å². The van der Waals surface area contributed by atoms with E-state index in [1.54, 1.807) is 0 Å². The molecule has 0 radical (unpaired) electrons. The number of hydrogen-bond donors (Lipinski definition) is 0. The van der Waals surface area contributed by atoms with Crippen LogP contribution in [0.15, 0.2) is 91.0 Å². The summed E-state index contributed by atoms with van der Waals surface area (Å²) >= 11 is 0. The third-order valence-corrected chi connectivity index (χ3v) is 7.20. The maximum Gasteiger partial charge on any atom is 0.0495 e. The van der Waals surface area contributed by atoms with Crippen LogP contribution in [-0.4, -0.2) is 5.54 Å². The molecule has 0 aliphatic heterocycles. The van der Waals surface area contributed by atoms with Gasteiger partial charge in [0.1, 0.15) is 0 Å². The van der Waals surface area contributed by atoms with Crippen LogP contribution in [0.2, 0.25) is 0 Å². The molecule has 0 heterocycles. The van der Waals surface area contributed by atoms with E-state index in [9.17, 15) is 0 Å². The lowest BCUT2D eigenvalue weighted by molar-refractivity contribution is 0.559. The number of fused-ring (bicyclic) bond motifs is 3. The second-order valence-electron chi connectivity index (χ2n) is 10.8. The average Bonchev–Trinajstić information content (AvgIpc) is 3.06. The van der Waals surface area contributed by atoms with Crippen molar-refractivity contribution in [2.24, 2.45) is 0 Å². The van der Waals surface area contributed by atoms with E-state index in [0.29, 0.717) is 0 Å². The minimum absolute atomic E-state index is 0.0807. The van der Waals surface area contributed by atoms with E-state index in [0.717, 1.165) is 11.3 Å². The Morgan fingerprint density at radius 2 is 1.32 bits per heavy atom. The van der Waals surface area contributed by atoms with Gasteiger partial charge in [0.05, 0.1) is 0 Å². The van der Waals surface area contributed by atoms with Crippen LogP contribution in [0.5, 0.6) is 0 Å². The summed E-state index contributed by atoms with van der Waals surface area (Å²) in [5.74, 6) is 0. The van der Waals surface area contributed by atoms with Crippen LogP contribution in [0, 0.1) is 0 Å². The molecule has 0 saturated heterocycles. The van der Waals surface area contributed by atoms with Gasteiger partial charge in [-0.05, 0) is 72.7 Å². The summed E-state index contributed by atoms with van der Waals surface area (Å²) in [5.41, 5.74) is 10.7. The number of hydrogen-bond acceptors (Lipinski definition) is 1. The highest BCUT2D eigenvalue weighted by molar-refractivity contribution is 5.90. The van der Waals surface area contributed by atoms with Crippen LogP contribution in [0.4, 0.5) is 11.4 Å². The van der Waals surface area contributed by atoms with Crippen LogP contribution < -0.4 is 4.90 Å². The lowest BCUT2D eigenvalue weighted by Crippen LogP contribution is -2.38. The number of benzene rings is 4. The summed E-state index contributed by atoms with van der Waals surface area (Å²) < 4.78 is 9.05. The Bertz CT molecular complexity index is 1380. The first-order chi connectivity index (χ1) is 16.6. The molecule has 0 saturated carbocycles. The summed E-state index contributed by atoms with van der Waals surface area (Å²) in [6, 6.07) is 32.6. The molecule has 1 aliphatic carbocycles. The fraction of sp³-hybridized carbons (Fsp3) is 0.273. The van der Waals surface area contributed by atoms with Gasteiger partial charge in [-0.3, -0.25) is 0 Å². The van der Waals surface area contributed by atoms with Crippen LogP contribution >= 0.6 is 0 Å². The van der Waals surface area contributed by atoms with E-state index in [1.807, 2.05) is 6.92 Å². The van der Waals surface area contributed by atoms with Gasteiger partial charge in [-0.2, -0.15) is 0 Å². The summed E-state index contributed by atoms with van der Waals surface area (Å²) in [7, 11) is 0. The molecule has 0 N–H and O–H groups in total. The van der Waals surface area contributed by atoms with Gasteiger partial charge in [-0.1, -0.05) is 99.6 Å². The molecule has 172 valence electrons. The van der Waals surface area contributed by atoms with Gasteiger partial charge in [0.25, 0.3) is 0 Å². The third-order valence-electron chi connectivity index (χ3n) is 7.20. The van der Waals surface area contributed by atoms with Gasteiger partial charge in [-0.25, -0.2) is 0 Å². The van der Waals surface area contributed by atoms with Crippen molar-refractivity contribution in [3.63, 3.8) is 0 Å². The van der Waals surface area contributed by atoms with Crippen molar-refractivity contribution in [3.05, 3.63) is 108 Å². The fourth-order valence-corrected chi connectivity index (χ4v) is 5.68. The summed E-state index contributed by atoms with van der Waals surface area (Å²) in [6.45, 7) is 13.4. The second kappa shape index (κ2) is 8.17. The van der Waals surface area contributed by atoms with E-state index in [4.69, 9.17) is 1.37 Å². The molecule has 0 amide bonds. The number of para-hydroxylation sites is 1. The topological polar surface area (TPSA) is 3.24 Å². The van der Waals surface area contributed by atoms with Crippen molar-refractivity contribution < 1.29 is 1.37 Å². The highest BCUT2D eigenvalue weighted by Gasteiger charge is 2.38. The smallest absolute Gasteiger partial charge is 0.0495 e. The molecule has 4 aromatic carbocycles. The van der Waals surface area contributed by atoms with Gasteiger partial charge in [0.15, 0.2) is 0 Å². The average molecular weight is 447 g/mol. The lowest BCUT2D eigenvalue weighted by Gasteiger charge is -2.41. The van der Waals surface area contributed by atoms with Gasteiger partial charge in [0.2, 0.25) is 0 Å². The predicted molar refractivity (Wildman–Crippen MR) is 147 cm³/mol. The first-order valence-corrected chi connectivity index (χ1v) is 12.3. The van der Waals surface area contributed by atoms with Crippen molar-refractivity contribution in [3.8, 4) is 22.3 Å². The standard InChI is InChI=1S/C33H35N/c1-7-24-30(22-21-28-31(24)26-18-11-13-19-27(26)33(28,5)6)34(32(2,3)4)29-20-14-12-17-25(29)23-15-9-8-10-16-23/h8-22H,7H2,1-6H3/i7D. The largest absolute Gasteiger partial charge is 0.335 e. The first kappa shape index (κ1) is 21.2. The van der Waals surface area contributed by atoms with Crippen LogP contribution in [-0.2, 0) is 11.8 Å². The van der Waals surface area contributed by atoms with Gasteiger partial charge >= 0.3 is 0 Å². The number of anilines is 2. The minimum Gasteiger partial charge on any atom is -0.335 e. The van der Waals surface area contributed by atoms with Gasteiger partial charge in [-0.15, -0.1) is 0 Å². The second-order valence-corrected chi connectivity index (χ2v) is 10.8. The Hall–Kier alpha value is -3.32. The molecule has 1 atom stereocenters. The molecule has 0 fully saturated rings. The molecule has 0 aromatic heterocycles. The Kier molecular flexibility index (Phi) is 5.10. The number of rotatable bonds is 4. The lowest BCUT2D eigenvalue weighted by atomic mass is 9.81. The maximum atomic E-state index is 9.05. The quantitative estimate of drug-likeness (QED) is 0.302. The highest BCUT2D eigenvalue weighted by atomic mass is 15.2. The molecule has 1 aliphatic rings. The Labute approximate surface area is 206 Å². The number of nitrogens with zero attached hydrogens (tertiary/aromatic N) is 1. The maximum absolute atomic E-state index is 9.05. The van der Waals surface area contributed by atoms with Crippen LogP contribution in [0.1, 0.15) is 59.6 Å². The molecule has 1 heteroatoms. The first-order valence-electron chi connectivity index (χ1n) is 12.8. The molecule has 4 aromatic rings. The summed E-state index contributed by atoms with van der Waals surface area (Å²) in [6.07, 6.45) is -0.365. The Balaban J connectivity index is 1.82. The fourth-order valence-electron chi connectivity index (χ4n) is 5.68. The van der Waals surface area contributed by atoms with Gasteiger partial charge in [0, 0.05) is 29.3 Å². The Morgan fingerprint density at radius 1 is 0.706 bits per heavy atom. The molecule has 1 unspecified atom stereocenters. The SMILES string of the molecule is [2H]C(C)c1c(N(c2ccccc2-c2ccccc2)C(C)(C)C)ccc2c1-c1ccccc1C2(C)C. The van der Waals surface area contributed by atoms with E-state index in [1.165, 1.54) is 39.1 Å². The predicted octanol–water partition coefficient (Wildman–Crippen LogP) is 9.16. The summed E-state index contributed by atoms with van der Waals surface area (Å²) in [4.78, 5) is 2.45. The van der Waals surface area contributed by atoms with Crippen molar-refractivity contribution in [1.29, 1.82) is 0 Å². The van der Waals surface area contributed by atoms with E-state index >= 15 is 0 Å². The monoisotopic (exact) mass is 446 g/mol. The van der Waals surface area contributed by atoms with Crippen LogP contribution in [0.25, 0.3) is 22.3 Å². The zero-order valence-corrected chi connectivity index (χ0v) is 21.2. The van der Waals surface area contributed by atoms with E-state index in [-0.39, 0.29) is 17.4 Å². The van der Waals surface area contributed by atoms with Crippen molar-refractivity contribution >= 4 is 11.4 Å². The minimum atomic E-state index is -0.365. The van der Waals surface area contributed by atoms with Gasteiger partial charge < -0.3 is 4.90 Å². The highest BCUT2D eigenvalue weighted by Crippen LogP contribution is 2.53. The van der Waals surface area contributed by atoms with Crippen LogP contribution in [0.3, 0.4) is 0 Å². The van der Waals surface area contributed by atoms with E-state index in [2.05, 4.69) is 131 Å². The molecule has 5 rings (SSSR count). The zero-order chi connectivity index (χ0) is 25.0. The molecule has 0 spiro atoms. The van der Waals surface area contributed by atoms with E-state index < -0.39 is 0 Å². The molecule has 34 heavy (non-hydrogen) atoms. The van der Waals surface area contributed by atoms with Crippen molar-refractivity contribution in [2.75, 3.05) is 4.90 Å². The third kappa shape index (κ3) is 3.46. The van der Waals surface area contributed by atoms with Crippen molar-refractivity contribution in [2.45, 2.75) is 58.9 Å².